The van der Waals surface area contributed by atoms with Crippen LogP contribution in [0, 0.1) is 11.3 Å². The molecule has 0 unspecified atom stereocenters. The van der Waals surface area contributed by atoms with E-state index in [1.54, 1.807) is 0 Å². The van der Waals surface area contributed by atoms with E-state index in [9.17, 15) is 5.26 Å². The van der Waals surface area contributed by atoms with Crippen LogP contribution in [0.5, 0.6) is 0 Å². The number of benzene rings is 2. The van der Waals surface area contributed by atoms with Crippen LogP contribution in [0.3, 0.4) is 0 Å². The third-order valence-corrected chi connectivity index (χ3v) is 4.19. The molecule has 124 valence electrons. The van der Waals surface area contributed by atoms with Crippen molar-refractivity contribution in [3.8, 4) is 23.0 Å². The highest BCUT2D eigenvalue weighted by Gasteiger charge is 2.17. The van der Waals surface area contributed by atoms with Crippen molar-refractivity contribution in [2.24, 2.45) is 4.99 Å². The largest absolute Gasteiger partial charge is 0.483 e. The fourth-order valence-corrected chi connectivity index (χ4v) is 2.81. The third kappa shape index (κ3) is 3.65. The lowest BCUT2D eigenvalue weighted by Crippen LogP contribution is -1.97. The fourth-order valence-electron chi connectivity index (χ4n) is 2.54. The summed E-state index contributed by atoms with van der Waals surface area (Å²) < 4.78 is 8.21. The summed E-state index contributed by atoms with van der Waals surface area (Å²) in [6, 6.07) is 21.9. The molecular weight excluding hydrogens is 378 g/mol. The monoisotopic (exact) mass is 393 g/mol. The Hall–Kier alpha value is -2.84. The molecule has 0 saturated carbocycles. The van der Waals surface area contributed by atoms with Crippen LogP contribution in [0.4, 0.5) is 5.82 Å². The van der Waals surface area contributed by atoms with Gasteiger partial charge in [0.05, 0.1) is 17.9 Å². The normalized spacial score (nSPS) is 10.8. The molecule has 1 aromatic heterocycles. The van der Waals surface area contributed by atoms with Crippen molar-refractivity contribution in [2.75, 3.05) is 6.61 Å². The van der Waals surface area contributed by atoms with E-state index in [4.69, 9.17) is 4.74 Å². The first-order chi connectivity index (χ1) is 12.2. The van der Waals surface area contributed by atoms with Crippen molar-refractivity contribution in [3.63, 3.8) is 0 Å². The molecule has 0 saturated heterocycles. The molecule has 0 atom stereocenters. The molecule has 0 N–H and O–H groups in total. The summed E-state index contributed by atoms with van der Waals surface area (Å²) in [6.07, 6.45) is 1.39. The Morgan fingerprint density at radius 3 is 2.52 bits per heavy atom. The predicted octanol–water partition coefficient (Wildman–Crippen LogP) is 5.47. The van der Waals surface area contributed by atoms with Gasteiger partial charge in [-0.1, -0.05) is 46.3 Å². The zero-order valence-corrected chi connectivity index (χ0v) is 15.3. The molecular formula is C20H16BrN3O. The van der Waals surface area contributed by atoms with Crippen molar-refractivity contribution < 1.29 is 4.74 Å². The van der Waals surface area contributed by atoms with Crippen molar-refractivity contribution in [2.45, 2.75) is 6.92 Å². The number of ether oxygens (including phenoxy) is 1. The maximum absolute atomic E-state index is 9.57. The SMILES string of the molecule is CCO/C=N/c1c(C#N)cc(-c2ccc(Br)cc2)n1-c1ccccc1. The van der Waals surface area contributed by atoms with Crippen LogP contribution in [-0.4, -0.2) is 17.6 Å². The van der Waals surface area contributed by atoms with Crippen LogP contribution in [0.1, 0.15) is 12.5 Å². The van der Waals surface area contributed by atoms with Crippen molar-refractivity contribution >= 4 is 28.1 Å². The number of nitrogens with zero attached hydrogens (tertiary/aromatic N) is 3. The van der Waals surface area contributed by atoms with Crippen molar-refractivity contribution in [1.29, 1.82) is 5.26 Å². The Morgan fingerprint density at radius 1 is 1.16 bits per heavy atom. The number of aliphatic imine (C=N–C) groups is 1. The predicted molar refractivity (Wildman–Crippen MR) is 103 cm³/mol. The molecule has 3 aromatic rings. The average molecular weight is 394 g/mol. The maximum Gasteiger partial charge on any atom is 0.176 e. The van der Waals surface area contributed by atoms with Gasteiger partial charge in [0.15, 0.2) is 12.2 Å². The second-order valence-electron chi connectivity index (χ2n) is 5.25. The lowest BCUT2D eigenvalue weighted by molar-refractivity contribution is 0.344. The minimum Gasteiger partial charge on any atom is -0.483 e. The average Bonchev–Trinajstić information content (AvgIpc) is 3.02. The number of hydrogen-bond donors (Lipinski definition) is 0. The Morgan fingerprint density at radius 2 is 1.88 bits per heavy atom. The van der Waals surface area contributed by atoms with Gasteiger partial charge < -0.3 is 4.74 Å². The maximum atomic E-state index is 9.57. The van der Waals surface area contributed by atoms with Crippen LogP contribution in [-0.2, 0) is 4.74 Å². The third-order valence-electron chi connectivity index (χ3n) is 3.67. The minimum atomic E-state index is 0.498. The first-order valence-electron chi connectivity index (χ1n) is 7.86. The van der Waals surface area contributed by atoms with E-state index >= 15 is 0 Å². The van der Waals surface area contributed by atoms with E-state index in [0.717, 1.165) is 21.4 Å². The molecule has 0 spiro atoms. The first-order valence-corrected chi connectivity index (χ1v) is 8.65. The van der Waals surface area contributed by atoms with Crippen LogP contribution in [0.15, 0.2) is 70.1 Å². The number of halogens is 1. The van der Waals surface area contributed by atoms with Crippen LogP contribution in [0.25, 0.3) is 16.9 Å². The highest BCUT2D eigenvalue weighted by Crippen LogP contribution is 2.34. The molecule has 0 bridgehead atoms. The number of aromatic nitrogens is 1. The summed E-state index contributed by atoms with van der Waals surface area (Å²) in [4.78, 5) is 4.39. The topological polar surface area (TPSA) is 50.3 Å². The Labute approximate surface area is 155 Å². The summed E-state index contributed by atoms with van der Waals surface area (Å²) in [7, 11) is 0. The summed E-state index contributed by atoms with van der Waals surface area (Å²) in [5.41, 5.74) is 3.34. The zero-order valence-electron chi connectivity index (χ0n) is 13.7. The second kappa shape index (κ2) is 7.82. The molecule has 0 amide bonds. The molecule has 4 nitrogen and oxygen atoms in total. The van der Waals surface area contributed by atoms with Gasteiger partial charge in [0, 0.05) is 10.2 Å². The summed E-state index contributed by atoms with van der Waals surface area (Å²) in [5.74, 6) is 0.556. The van der Waals surface area contributed by atoms with Crippen molar-refractivity contribution in [1.82, 2.24) is 4.57 Å². The lowest BCUT2D eigenvalue weighted by atomic mass is 10.1. The summed E-state index contributed by atoms with van der Waals surface area (Å²) >= 11 is 3.46. The quantitative estimate of drug-likeness (QED) is 0.425. The van der Waals surface area contributed by atoms with Gasteiger partial charge in [-0.25, -0.2) is 4.99 Å². The Balaban J connectivity index is 2.24. The fraction of sp³-hybridized carbons (Fsp3) is 0.100. The van der Waals surface area contributed by atoms with E-state index in [0.29, 0.717) is 18.0 Å². The van der Waals surface area contributed by atoms with Gasteiger partial charge in [-0.3, -0.25) is 4.57 Å². The molecule has 1 heterocycles. The second-order valence-corrected chi connectivity index (χ2v) is 6.16. The molecule has 0 aliphatic rings. The van der Waals surface area contributed by atoms with Crippen LogP contribution >= 0.6 is 15.9 Å². The smallest absolute Gasteiger partial charge is 0.176 e. The van der Waals surface area contributed by atoms with Crippen LogP contribution < -0.4 is 0 Å². The van der Waals surface area contributed by atoms with Gasteiger partial charge in [-0.15, -0.1) is 0 Å². The van der Waals surface area contributed by atoms with E-state index in [-0.39, 0.29) is 0 Å². The molecule has 5 heteroatoms. The molecule has 2 aromatic carbocycles. The van der Waals surface area contributed by atoms with Gasteiger partial charge in [0.1, 0.15) is 6.07 Å². The lowest BCUT2D eigenvalue weighted by Gasteiger charge is -2.11. The van der Waals surface area contributed by atoms with E-state index in [1.165, 1.54) is 6.40 Å². The summed E-state index contributed by atoms with van der Waals surface area (Å²) in [5, 5.41) is 9.57. The number of para-hydroxylation sites is 1. The molecule has 0 radical (unpaired) electrons. The van der Waals surface area contributed by atoms with Gasteiger partial charge >= 0.3 is 0 Å². The highest BCUT2D eigenvalue weighted by molar-refractivity contribution is 9.10. The summed E-state index contributed by atoms with van der Waals surface area (Å²) in [6.45, 7) is 2.41. The Kier molecular flexibility index (Phi) is 5.32. The minimum absolute atomic E-state index is 0.498. The molecule has 25 heavy (non-hydrogen) atoms. The van der Waals surface area contributed by atoms with E-state index in [1.807, 2.05) is 72.2 Å². The van der Waals surface area contributed by atoms with Gasteiger partial charge in [-0.2, -0.15) is 5.26 Å². The molecule has 0 aliphatic carbocycles. The number of hydrogen-bond acceptors (Lipinski definition) is 3. The number of nitriles is 1. The van der Waals surface area contributed by atoms with Crippen LogP contribution in [0.2, 0.25) is 0 Å². The highest BCUT2D eigenvalue weighted by atomic mass is 79.9. The van der Waals surface area contributed by atoms with E-state index < -0.39 is 0 Å². The Bertz CT molecular complexity index is 922. The standard InChI is InChI=1S/C20H16BrN3O/c1-2-25-14-23-20-16(13-22)12-19(15-8-10-17(21)11-9-15)24(20)18-6-4-3-5-7-18/h3-12,14H,2H2,1H3/b23-14+. The van der Waals surface area contributed by atoms with Gasteiger partial charge in [-0.05, 0) is 42.8 Å². The first kappa shape index (κ1) is 17.0. The zero-order chi connectivity index (χ0) is 17.6. The van der Waals surface area contributed by atoms with Crippen molar-refractivity contribution in [3.05, 3.63) is 70.7 Å². The molecule has 0 fully saturated rings. The van der Waals surface area contributed by atoms with E-state index in [2.05, 4.69) is 27.0 Å². The number of rotatable bonds is 5. The molecule has 3 rings (SSSR count). The van der Waals surface area contributed by atoms with Gasteiger partial charge in [0.25, 0.3) is 0 Å². The van der Waals surface area contributed by atoms with Gasteiger partial charge in [0.2, 0.25) is 0 Å². The molecule has 0 aliphatic heterocycles.